The van der Waals surface area contributed by atoms with Crippen LogP contribution in [0.1, 0.15) is 19.8 Å². The molecule has 2 heterocycles. The maximum Gasteiger partial charge on any atom is 0.169 e. The Balaban J connectivity index is 1.76. The summed E-state index contributed by atoms with van der Waals surface area (Å²) >= 11 is 0. The number of nitrogen functional groups attached to an aromatic ring is 1. The molecule has 0 amide bonds. The van der Waals surface area contributed by atoms with E-state index in [1.54, 1.807) is 0 Å². The number of hydrogen-bond donors (Lipinski definition) is 2. The van der Waals surface area contributed by atoms with Crippen LogP contribution in [0.25, 0.3) is 11.0 Å². The minimum Gasteiger partial charge on any atom is -0.381 e. The van der Waals surface area contributed by atoms with Gasteiger partial charge in [-0.3, -0.25) is 0 Å². The molecule has 5 nitrogen and oxygen atoms in total. The Morgan fingerprint density at radius 2 is 1.85 bits per heavy atom. The minimum absolute atomic E-state index is 0.440. The Morgan fingerprint density at radius 3 is 2.50 bits per heavy atom. The lowest BCUT2D eigenvalue weighted by Gasteiger charge is -2.31. The standard InChI is InChI=1S/C15H21N5/c1-2-20-9-7-11(8-10-20)17-15-14(16)18-12-5-3-4-6-13(12)19-15/h3-6,11H,2,7-10H2,1H3,(H2,16,18)(H,17,19). The smallest absolute Gasteiger partial charge is 0.169 e. The highest BCUT2D eigenvalue weighted by molar-refractivity contribution is 5.79. The van der Waals surface area contributed by atoms with Crippen LogP contribution in [0.2, 0.25) is 0 Å². The lowest BCUT2D eigenvalue weighted by Crippen LogP contribution is -2.39. The molecule has 3 rings (SSSR count). The molecular weight excluding hydrogens is 250 g/mol. The van der Waals surface area contributed by atoms with Crippen LogP contribution in [-0.2, 0) is 0 Å². The molecule has 1 aliphatic rings. The van der Waals surface area contributed by atoms with E-state index in [2.05, 4.69) is 27.1 Å². The zero-order valence-corrected chi connectivity index (χ0v) is 11.8. The van der Waals surface area contributed by atoms with E-state index in [0.717, 1.165) is 49.3 Å². The second kappa shape index (κ2) is 5.63. The number of para-hydroxylation sites is 2. The highest BCUT2D eigenvalue weighted by atomic mass is 15.2. The number of piperidine rings is 1. The van der Waals surface area contributed by atoms with Crippen molar-refractivity contribution in [3.8, 4) is 0 Å². The van der Waals surface area contributed by atoms with Gasteiger partial charge in [0.05, 0.1) is 11.0 Å². The maximum atomic E-state index is 6.01. The van der Waals surface area contributed by atoms with Gasteiger partial charge in [0, 0.05) is 19.1 Å². The largest absolute Gasteiger partial charge is 0.381 e. The number of fused-ring (bicyclic) bond motifs is 1. The summed E-state index contributed by atoms with van der Waals surface area (Å²) in [6.07, 6.45) is 2.25. The van der Waals surface area contributed by atoms with Crippen LogP contribution >= 0.6 is 0 Å². The van der Waals surface area contributed by atoms with Crippen LogP contribution in [0.4, 0.5) is 11.6 Å². The van der Waals surface area contributed by atoms with Crippen LogP contribution in [0.3, 0.4) is 0 Å². The zero-order chi connectivity index (χ0) is 13.9. The molecule has 0 unspecified atom stereocenters. The van der Waals surface area contributed by atoms with Crippen LogP contribution in [0, 0.1) is 0 Å². The first kappa shape index (κ1) is 13.1. The highest BCUT2D eigenvalue weighted by Crippen LogP contribution is 2.21. The molecule has 2 aromatic rings. The summed E-state index contributed by atoms with van der Waals surface area (Å²) in [4.78, 5) is 11.5. The van der Waals surface area contributed by atoms with Crippen LogP contribution < -0.4 is 11.1 Å². The summed E-state index contributed by atoms with van der Waals surface area (Å²) in [5, 5.41) is 3.46. The van der Waals surface area contributed by atoms with E-state index >= 15 is 0 Å². The van der Waals surface area contributed by atoms with Crippen molar-refractivity contribution in [2.75, 3.05) is 30.7 Å². The van der Waals surface area contributed by atoms with Crippen molar-refractivity contribution < 1.29 is 0 Å². The summed E-state index contributed by atoms with van der Waals surface area (Å²) in [5.41, 5.74) is 7.74. The van der Waals surface area contributed by atoms with Crippen molar-refractivity contribution in [2.45, 2.75) is 25.8 Å². The Kier molecular flexibility index (Phi) is 3.69. The molecule has 20 heavy (non-hydrogen) atoms. The van der Waals surface area contributed by atoms with Crippen molar-refractivity contribution in [2.24, 2.45) is 0 Å². The number of hydrogen-bond acceptors (Lipinski definition) is 5. The van der Waals surface area contributed by atoms with Gasteiger partial charge in [0.1, 0.15) is 0 Å². The monoisotopic (exact) mass is 271 g/mol. The number of nitrogens with two attached hydrogens (primary N) is 1. The molecule has 1 aromatic heterocycles. The van der Waals surface area contributed by atoms with Gasteiger partial charge in [-0.05, 0) is 31.5 Å². The zero-order valence-electron chi connectivity index (χ0n) is 11.8. The molecule has 0 bridgehead atoms. The van der Waals surface area contributed by atoms with Crippen molar-refractivity contribution in [1.29, 1.82) is 0 Å². The third-order valence-electron chi connectivity index (χ3n) is 3.97. The summed E-state index contributed by atoms with van der Waals surface area (Å²) in [7, 11) is 0. The van der Waals surface area contributed by atoms with Crippen molar-refractivity contribution in [3.63, 3.8) is 0 Å². The molecule has 5 heteroatoms. The van der Waals surface area contributed by atoms with Gasteiger partial charge < -0.3 is 16.0 Å². The molecule has 0 radical (unpaired) electrons. The first-order chi connectivity index (χ1) is 9.76. The molecule has 0 spiro atoms. The van der Waals surface area contributed by atoms with Crippen molar-refractivity contribution >= 4 is 22.7 Å². The fourth-order valence-corrected chi connectivity index (χ4v) is 2.71. The van der Waals surface area contributed by atoms with Crippen molar-refractivity contribution in [1.82, 2.24) is 14.9 Å². The van der Waals surface area contributed by atoms with Gasteiger partial charge in [0.2, 0.25) is 0 Å². The number of benzene rings is 1. The summed E-state index contributed by atoms with van der Waals surface area (Å²) < 4.78 is 0. The molecule has 1 saturated heterocycles. The molecule has 0 aliphatic carbocycles. The Bertz CT molecular complexity index is 590. The van der Waals surface area contributed by atoms with E-state index in [1.807, 2.05) is 24.3 Å². The molecule has 1 aromatic carbocycles. The fourth-order valence-electron chi connectivity index (χ4n) is 2.71. The van der Waals surface area contributed by atoms with E-state index < -0.39 is 0 Å². The van der Waals surface area contributed by atoms with Crippen LogP contribution in [-0.4, -0.2) is 40.5 Å². The average molecular weight is 271 g/mol. The number of aromatic nitrogens is 2. The first-order valence-corrected chi connectivity index (χ1v) is 7.27. The number of likely N-dealkylation sites (tertiary alicyclic amines) is 1. The molecule has 3 N–H and O–H groups in total. The predicted molar refractivity (Wildman–Crippen MR) is 82.7 cm³/mol. The van der Waals surface area contributed by atoms with Gasteiger partial charge in [0.15, 0.2) is 11.6 Å². The number of anilines is 2. The molecule has 1 fully saturated rings. The molecular formula is C15H21N5. The molecule has 1 aliphatic heterocycles. The highest BCUT2D eigenvalue weighted by Gasteiger charge is 2.19. The Hall–Kier alpha value is -1.88. The van der Waals surface area contributed by atoms with Crippen LogP contribution in [0.15, 0.2) is 24.3 Å². The van der Waals surface area contributed by atoms with E-state index in [1.165, 1.54) is 0 Å². The molecule has 0 saturated carbocycles. The normalized spacial score (nSPS) is 17.4. The quantitative estimate of drug-likeness (QED) is 0.895. The lowest BCUT2D eigenvalue weighted by atomic mass is 10.1. The average Bonchev–Trinajstić information content (AvgIpc) is 2.49. The predicted octanol–water partition coefficient (Wildman–Crippen LogP) is 2.11. The Labute approximate surface area is 119 Å². The minimum atomic E-state index is 0.440. The van der Waals surface area contributed by atoms with Gasteiger partial charge in [-0.15, -0.1) is 0 Å². The summed E-state index contributed by atoms with van der Waals surface area (Å²) in [6, 6.07) is 8.26. The van der Waals surface area contributed by atoms with Crippen molar-refractivity contribution in [3.05, 3.63) is 24.3 Å². The van der Waals surface area contributed by atoms with E-state index in [9.17, 15) is 0 Å². The van der Waals surface area contributed by atoms with Gasteiger partial charge >= 0.3 is 0 Å². The first-order valence-electron chi connectivity index (χ1n) is 7.27. The second-order valence-corrected chi connectivity index (χ2v) is 5.30. The SMILES string of the molecule is CCN1CCC(Nc2nc3ccccc3nc2N)CC1. The topological polar surface area (TPSA) is 67.1 Å². The Morgan fingerprint density at radius 1 is 1.20 bits per heavy atom. The van der Waals surface area contributed by atoms with Gasteiger partial charge in [-0.25, -0.2) is 9.97 Å². The van der Waals surface area contributed by atoms with Gasteiger partial charge in [0.25, 0.3) is 0 Å². The summed E-state index contributed by atoms with van der Waals surface area (Å²) in [6.45, 7) is 5.61. The van der Waals surface area contributed by atoms with E-state index in [4.69, 9.17) is 5.73 Å². The van der Waals surface area contributed by atoms with Crippen LogP contribution in [0.5, 0.6) is 0 Å². The second-order valence-electron chi connectivity index (χ2n) is 5.30. The molecule has 106 valence electrons. The lowest BCUT2D eigenvalue weighted by molar-refractivity contribution is 0.229. The summed E-state index contributed by atoms with van der Waals surface area (Å²) in [5.74, 6) is 1.21. The number of rotatable bonds is 3. The van der Waals surface area contributed by atoms with Gasteiger partial charge in [-0.1, -0.05) is 19.1 Å². The van der Waals surface area contributed by atoms with E-state index in [0.29, 0.717) is 11.9 Å². The maximum absolute atomic E-state index is 6.01. The molecule has 0 atom stereocenters. The fraction of sp³-hybridized carbons (Fsp3) is 0.467. The van der Waals surface area contributed by atoms with E-state index in [-0.39, 0.29) is 0 Å². The third kappa shape index (κ3) is 2.67. The number of nitrogens with one attached hydrogen (secondary N) is 1. The number of nitrogens with zero attached hydrogens (tertiary/aromatic N) is 3. The van der Waals surface area contributed by atoms with Gasteiger partial charge in [-0.2, -0.15) is 0 Å². The third-order valence-corrected chi connectivity index (χ3v) is 3.97.